The predicted octanol–water partition coefficient (Wildman–Crippen LogP) is 29.0. The molecular formula is C104H64N4OS. The van der Waals surface area contributed by atoms with Crippen molar-refractivity contribution in [2.75, 3.05) is 0 Å². The Morgan fingerprint density at radius 1 is 0.182 bits per heavy atom. The van der Waals surface area contributed by atoms with Crippen molar-refractivity contribution in [2.24, 2.45) is 0 Å². The van der Waals surface area contributed by atoms with Gasteiger partial charge in [-0.1, -0.05) is 243 Å². The predicted molar refractivity (Wildman–Crippen MR) is 467 cm³/mol. The minimum absolute atomic E-state index is 0.894. The third-order valence-electron chi connectivity index (χ3n) is 22.9. The van der Waals surface area contributed by atoms with E-state index in [9.17, 15) is 0 Å². The highest BCUT2D eigenvalue weighted by atomic mass is 32.1. The first-order valence-electron chi connectivity index (χ1n) is 37.7. The van der Waals surface area contributed by atoms with Crippen LogP contribution in [-0.2, 0) is 0 Å². The van der Waals surface area contributed by atoms with E-state index in [2.05, 4.69) is 400 Å². The first kappa shape index (κ1) is 62.0. The van der Waals surface area contributed by atoms with Crippen molar-refractivity contribution < 1.29 is 4.42 Å². The first-order chi connectivity index (χ1) is 54.5. The van der Waals surface area contributed by atoms with E-state index in [1.54, 1.807) is 0 Å². The summed E-state index contributed by atoms with van der Waals surface area (Å²) in [4.78, 5) is 0. The van der Waals surface area contributed by atoms with Crippen LogP contribution in [0.15, 0.2) is 393 Å². The van der Waals surface area contributed by atoms with E-state index in [0.29, 0.717) is 0 Å². The van der Waals surface area contributed by atoms with Gasteiger partial charge in [0.1, 0.15) is 11.2 Å². The van der Waals surface area contributed by atoms with Gasteiger partial charge in [-0.25, -0.2) is 0 Å². The third kappa shape index (κ3) is 9.80. The number of nitrogens with zero attached hydrogens (tertiary/aromatic N) is 4. The maximum absolute atomic E-state index is 6.45. The van der Waals surface area contributed by atoms with Crippen LogP contribution in [0, 0.1) is 0 Å². The molecule has 0 aliphatic rings. The molecule has 0 saturated heterocycles. The van der Waals surface area contributed by atoms with Crippen molar-refractivity contribution in [1.29, 1.82) is 0 Å². The number of fused-ring (bicyclic) bond motifs is 21. The van der Waals surface area contributed by atoms with E-state index >= 15 is 0 Å². The van der Waals surface area contributed by atoms with E-state index in [4.69, 9.17) is 4.42 Å². The molecular weight excluding hydrogens is 1350 g/mol. The second-order valence-electron chi connectivity index (χ2n) is 29.1. The molecule has 6 heterocycles. The van der Waals surface area contributed by atoms with Gasteiger partial charge in [-0.05, 0) is 212 Å². The van der Waals surface area contributed by atoms with Gasteiger partial charge >= 0.3 is 0 Å². The number of benzene rings is 18. The van der Waals surface area contributed by atoms with Crippen LogP contribution in [0.2, 0.25) is 0 Å². The highest BCUT2D eigenvalue weighted by molar-refractivity contribution is 7.25. The van der Waals surface area contributed by atoms with Crippen LogP contribution in [0.25, 0.3) is 218 Å². The number of thiophene rings is 1. The summed E-state index contributed by atoms with van der Waals surface area (Å²) in [5, 5.41) is 19.8. The molecule has 512 valence electrons. The standard InChI is InChI=1S/C52H32N2O.C52H32N2S/c1-2-11-33(12-3-1)36-15-10-16-39(29-36)54-48-27-23-38(32-45(48)42-25-28-50-51(52(42)54)43-18-7-9-20-49(43)55-50)37-22-26-47-44(31-37)41-17-6-8-19-46(41)53(47)40-24-21-34-13-4-5-14-35(34)30-40;1-2-11-33(12-3-1)36-15-10-16-39(27-36)54-49-26-23-38(30-44(49)45-31-46-42-18-7-9-20-51(42)55-52(46)32-50(45)54)37-22-25-48-43(29-37)41-17-6-8-19-47(41)53(48)40-24-21-34-13-4-5-14-35(34)28-40/h2*1-32H. The number of hydrogen-bond acceptors (Lipinski definition) is 2. The van der Waals surface area contributed by atoms with E-state index in [-0.39, 0.29) is 0 Å². The number of hydrogen-bond donors (Lipinski definition) is 0. The molecule has 5 nitrogen and oxygen atoms in total. The van der Waals surface area contributed by atoms with Crippen molar-refractivity contribution in [3.63, 3.8) is 0 Å². The van der Waals surface area contributed by atoms with Crippen molar-refractivity contribution in [3.8, 4) is 67.3 Å². The van der Waals surface area contributed by atoms with Gasteiger partial charge in [-0.15, -0.1) is 11.3 Å². The smallest absolute Gasteiger partial charge is 0.137 e. The van der Waals surface area contributed by atoms with Gasteiger partial charge < -0.3 is 22.7 Å². The van der Waals surface area contributed by atoms with Crippen LogP contribution < -0.4 is 0 Å². The fourth-order valence-corrected chi connectivity index (χ4v) is 19.0. The van der Waals surface area contributed by atoms with Crippen LogP contribution in [-0.4, -0.2) is 18.3 Å². The molecule has 0 aliphatic heterocycles. The molecule has 0 bridgehead atoms. The molecule has 0 fully saturated rings. The van der Waals surface area contributed by atoms with Crippen molar-refractivity contribution in [1.82, 2.24) is 18.3 Å². The Kier molecular flexibility index (Phi) is 13.9. The summed E-state index contributed by atoms with van der Waals surface area (Å²) in [6, 6.07) is 142. The second kappa shape index (κ2) is 24.6. The number of aromatic nitrogens is 4. The maximum atomic E-state index is 6.45. The minimum atomic E-state index is 0.894. The monoisotopic (exact) mass is 1420 g/mol. The third-order valence-corrected chi connectivity index (χ3v) is 24.1. The molecule has 110 heavy (non-hydrogen) atoms. The maximum Gasteiger partial charge on any atom is 0.137 e. The van der Waals surface area contributed by atoms with Crippen molar-refractivity contribution in [3.05, 3.63) is 388 Å². The molecule has 0 atom stereocenters. The Hall–Kier alpha value is -14.3. The van der Waals surface area contributed by atoms with Crippen molar-refractivity contribution in [2.45, 2.75) is 0 Å². The van der Waals surface area contributed by atoms with Gasteiger partial charge in [0.05, 0.1) is 49.5 Å². The zero-order chi connectivity index (χ0) is 72.1. The summed E-state index contributed by atoms with van der Waals surface area (Å²) in [7, 11) is 0. The highest BCUT2D eigenvalue weighted by Gasteiger charge is 2.24. The molecule has 0 N–H and O–H groups in total. The van der Waals surface area contributed by atoms with Crippen LogP contribution in [0.3, 0.4) is 0 Å². The summed E-state index contributed by atoms with van der Waals surface area (Å²) in [5.74, 6) is 0. The summed E-state index contributed by atoms with van der Waals surface area (Å²) >= 11 is 1.88. The van der Waals surface area contributed by atoms with Gasteiger partial charge in [-0.2, -0.15) is 0 Å². The highest BCUT2D eigenvalue weighted by Crippen LogP contribution is 2.47. The zero-order valence-electron chi connectivity index (χ0n) is 59.6. The zero-order valence-corrected chi connectivity index (χ0v) is 60.4. The SMILES string of the molecule is c1ccc(-c2cccc(-n3c4ccc(-c5ccc6c(c5)c5ccccc5n6-c5ccc6ccccc6c5)cc4c4cc5c(cc43)sc3ccccc35)c2)cc1.c1ccc(-c2cccc(-n3c4ccc(-c5ccc6c(c5)c5ccccc5n6-c5ccc6ccccc6c5)cc4c4ccc5oc6ccccc6c5c43)c2)cc1. The summed E-state index contributed by atoms with van der Waals surface area (Å²) in [6.07, 6.45) is 0. The van der Waals surface area contributed by atoms with Crippen LogP contribution in [0.1, 0.15) is 0 Å². The quantitative estimate of drug-likeness (QED) is 0.149. The lowest BCUT2D eigenvalue weighted by molar-refractivity contribution is 0.669. The number of rotatable bonds is 8. The molecule has 6 heteroatoms. The van der Waals surface area contributed by atoms with Gasteiger partial charge in [0, 0.05) is 91.4 Å². The lowest BCUT2D eigenvalue weighted by Crippen LogP contribution is -1.95. The number of furan rings is 1. The van der Waals surface area contributed by atoms with Crippen LogP contribution >= 0.6 is 11.3 Å². The average molecular weight is 1420 g/mol. The Labute approximate surface area is 636 Å². The van der Waals surface area contributed by atoms with Crippen LogP contribution in [0.4, 0.5) is 0 Å². The van der Waals surface area contributed by atoms with E-state index in [0.717, 1.165) is 44.3 Å². The Morgan fingerprint density at radius 3 is 1.15 bits per heavy atom. The minimum Gasteiger partial charge on any atom is -0.456 e. The Morgan fingerprint density at radius 2 is 0.582 bits per heavy atom. The lowest BCUT2D eigenvalue weighted by atomic mass is 10.00. The van der Waals surface area contributed by atoms with Crippen LogP contribution in [0.5, 0.6) is 0 Å². The molecule has 0 spiro atoms. The van der Waals surface area contributed by atoms with Gasteiger partial charge in [0.25, 0.3) is 0 Å². The fraction of sp³-hybridized carbons (Fsp3) is 0. The van der Waals surface area contributed by atoms with Crippen molar-refractivity contribution >= 4 is 162 Å². The Bertz CT molecular complexity index is 7710. The fourth-order valence-electron chi connectivity index (χ4n) is 17.9. The molecule has 24 rings (SSSR count). The molecule has 6 aromatic heterocycles. The van der Waals surface area contributed by atoms with Gasteiger partial charge in [-0.3, -0.25) is 0 Å². The summed E-state index contributed by atoms with van der Waals surface area (Å²) in [5.41, 5.74) is 25.6. The molecule has 0 saturated carbocycles. The summed E-state index contributed by atoms with van der Waals surface area (Å²) in [6.45, 7) is 0. The average Bonchev–Trinajstić information content (AvgIpc) is 1.55. The molecule has 0 unspecified atom stereocenters. The topological polar surface area (TPSA) is 32.9 Å². The second-order valence-corrected chi connectivity index (χ2v) is 30.2. The van der Waals surface area contributed by atoms with E-state index < -0.39 is 0 Å². The molecule has 0 radical (unpaired) electrons. The lowest BCUT2D eigenvalue weighted by Gasteiger charge is -2.11. The molecule has 0 amide bonds. The molecule has 0 aliphatic carbocycles. The van der Waals surface area contributed by atoms with Gasteiger partial charge in [0.2, 0.25) is 0 Å². The summed E-state index contributed by atoms with van der Waals surface area (Å²) < 4.78 is 18.8. The largest absolute Gasteiger partial charge is 0.456 e. The normalized spacial score (nSPS) is 12.0. The first-order valence-corrected chi connectivity index (χ1v) is 38.5. The number of para-hydroxylation sites is 3. The molecule has 24 aromatic rings. The van der Waals surface area contributed by atoms with E-state index in [1.807, 2.05) is 17.4 Å². The Balaban J connectivity index is 0.000000132. The van der Waals surface area contributed by atoms with E-state index in [1.165, 1.54) is 174 Å². The van der Waals surface area contributed by atoms with Gasteiger partial charge in [0.15, 0.2) is 0 Å². The molecule has 18 aromatic carbocycles.